The first-order valence-corrected chi connectivity index (χ1v) is 5.99. The average molecular weight is 252 g/mol. The number of aryl methyl sites for hydroxylation is 1. The Labute approximate surface area is 109 Å². The van der Waals surface area contributed by atoms with Crippen molar-refractivity contribution in [3.8, 4) is 11.3 Å². The van der Waals surface area contributed by atoms with Gasteiger partial charge in [-0.25, -0.2) is 0 Å². The minimum Gasteiger partial charge on any atom is -0.354 e. The number of nitro benzene ring substituents is 1. The molecule has 3 aromatic rings. The van der Waals surface area contributed by atoms with Crippen LogP contribution in [0.25, 0.3) is 22.2 Å². The molecule has 0 aliphatic heterocycles. The fraction of sp³-hybridized carbons (Fsp3) is 0.0667. The third kappa shape index (κ3) is 1.87. The minimum atomic E-state index is -0.349. The fourth-order valence-corrected chi connectivity index (χ4v) is 2.31. The van der Waals surface area contributed by atoms with Gasteiger partial charge in [-0.05, 0) is 24.6 Å². The standard InChI is InChI=1S/C15H12N2O2/c1-10-14(17(18)19)8-7-12-9-13(16-15(10)12)11-5-3-2-4-6-11/h2-9,16H,1H3. The Kier molecular flexibility index (Phi) is 2.56. The van der Waals surface area contributed by atoms with Gasteiger partial charge in [0.2, 0.25) is 0 Å². The number of nitrogens with zero attached hydrogens (tertiary/aromatic N) is 1. The number of benzene rings is 2. The van der Waals surface area contributed by atoms with E-state index in [9.17, 15) is 10.1 Å². The van der Waals surface area contributed by atoms with Crippen molar-refractivity contribution in [2.75, 3.05) is 0 Å². The number of nitro groups is 1. The van der Waals surface area contributed by atoms with Crippen LogP contribution >= 0.6 is 0 Å². The first-order valence-electron chi connectivity index (χ1n) is 5.99. The molecule has 19 heavy (non-hydrogen) atoms. The summed E-state index contributed by atoms with van der Waals surface area (Å²) < 4.78 is 0. The molecule has 4 heteroatoms. The summed E-state index contributed by atoms with van der Waals surface area (Å²) in [5.74, 6) is 0. The summed E-state index contributed by atoms with van der Waals surface area (Å²) in [5, 5.41) is 11.9. The Hall–Kier alpha value is -2.62. The van der Waals surface area contributed by atoms with Crippen molar-refractivity contribution in [1.29, 1.82) is 0 Å². The number of hydrogen-bond donors (Lipinski definition) is 1. The van der Waals surface area contributed by atoms with Gasteiger partial charge in [0, 0.05) is 17.1 Å². The number of fused-ring (bicyclic) bond motifs is 1. The van der Waals surface area contributed by atoms with Crippen LogP contribution in [0.3, 0.4) is 0 Å². The van der Waals surface area contributed by atoms with E-state index in [1.54, 1.807) is 19.1 Å². The second kappa shape index (κ2) is 4.24. The first kappa shape index (κ1) is 11.5. The third-order valence-electron chi connectivity index (χ3n) is 3.31. The van der Waals surface area contributed by atoms with E-state index in [2.05, 4.69) is 4.98 Å². The van der Waals surface area contributed by atoms with Crippen LogP contribution in [0.2, 0.25) is 0 Å². The van der Waals surface area contributed by atoms with Crippen LogP contribution in [-0.4, -0.2) is 9.91 Å². The highest BCUT2D eigenvalue weighted by atomic mass is 16.6. The number of nitrogens with one attached hydrogen (secondary N) is 1. The minimum absolute atomic E-state index is 0.147. The Morgan fingerprint density at radius 2 is 1.84 bits per heavy atom. The Balaban J connectivity index is 2.22. The molecule has 0 aliphatic carbocycles. The van der Waals surface area contributed by atoms with Gasteiger partial charge in [0.05, 0.1) is 16.0 Å². The molecule has 1 heterocycles. The van der Waals surface area contributed by atoms with Gasteiger partial charge >= 0.3 is 0 Å². The van der Waals surface area contributed by atoms with E-state index in [1.165, 1.54) is 0 Å². The zero-order valence-electron chi connectivity index (χ0n) is 10.4. The topological polar surface area (TPSA) is 58.9 Å². The summed E-state index contributed by atoms with van der Waals surface area (Å²) in [6, 6.07) is 15.3. The summed E-state index contributed by atoms with van der Waals surface area (Å²) in [6.07, 6.45) is 0. The molecule has 0 atom stereocenters. The van der Waals surface area contributed by atoms with Crippen molar-refractivity contribution >= 4 is 16.6 Å². The molecule has 0 amide bonds. The highest BCUT2D eigenvalue weighted by Gasteiger charge is 2.14. The molecule has 4 nitrogen and oxygen atoms in total. The van der Waals surface area contributed by atoms with Crippen LogP contribution in [-0.2, 0) is 0 Å². The lowest BCUT2D eigenvalue weighted by molar-refractivity contribution is -0.385. The van der Waals surface area contributed by atoms with E-state index in [-0.39, 0.29) is 10.6 Å². The van der Waals surface area contributed by atoms with Crippen molar-refractivity contribution < 1.29 is 4.92 Å². The molecule has 0 radical (unpaired) electrons. The molecule has 0 unspecified atom stereocenters. The van der Waals surface area contributed by atoms with Crippen molar-refractivity contribution in [1.82, 2.24) is 4.98 Å². The van der Waals surface area contributed by atoms with Gasteiger partial charge in [0.25, 0.3) is 5.69 Å². The molecule has 0 spiro atoms. The second-order valence-corrected chi connectivity index (χ2v) is 4.48. The number of aromatic amines is 1. The van der Waals surface area contributed by atoms with Gasteiger partial charge in [0.15, 0.2) is 0 Å². The first-order chi connectivity index (χ1) is 9.16. The number of rotatable bonds is 2. The number of H-pyrrole nitrogens is 1. The third-order valence-corrected chi connectivity index (χ3v) is 3.31. The predicted octanol–water partition coefficient (Wildman–Crippen LogP) is 4.05. The van der Waals surface area contributed by atoms with Gasteiger partial charge < -0.3 is 4.98 Å². The van der Waals surface area contributed by atoms with Crippen LogP contribution in [0, 0.1) is 17.0 Å². The van der Waals surface area contributed by atoms with Crippen LogP contribution < -0.4 is 0 Å². The van der Waals surface area contributed by atoms with Crippen molar-refractivity contribution in [2.45, 2.75) is 6.92 Å². The molecule has 0 saturated heterocycles. The van der Waals surface area contributed by atoms with Crippen LogP contribution in [0.4, 0.5) is 5.69 Å². The van der Waals surface area contributed by atoms with Gasteiger partial charge in [0.1, 0.15) is 0 Å². The largest absolute Gasteiger partial charge is 0.354 e. The lowest BCUT2D eigenvalue weighted by Gasteiger charge is -1.98. The van der Waals surface area contributed by atoms with Crippen molar-refractivity contribution in [3.63, 3.8) is 0 Å². The summed E-state index contributed by atoms with van der Waals surface area (Å²) in [7, 11) is 0. The maximum atomic E-state index is 10.9. The fourth-order valence-electron chi connectivity index (χ4n) is 2.31. The maximum Gasteiger partial charge on any atom is 0.274 e. The summed E-state index contributed by atoms with van der Waals surface area (Å²) in [5.41, 5.74) is 3.69. The zero-order valence-corrected chi connectivity index (χ0v) is 10.4. The Bertz CT molecular complexity index is 760. The van der Waals surface area contributed by atoms with Crippen LogP contribution in [0.1, 0.15) is 5.56 Å². The molecule has 1 N–H and O–H groups in total. The molecule has 2 aromatic carbocycles. The maximum absolute atomic E-state index is 10.9. The van der Waals surface area contributed by atoms with Gasteiger partial charge in [-0.15, -0.1) is 0 Å². The highest BCUT2D eigenvalue weighted by molar-refractivity contribution is 5.90. The van der Waals surface area contributed by atoms with E-state index in [1.807, 2.05) is 36.4 Å². The molecule has 0 aliphatic rings. The average Bonchev–Trinajstić information content (AvgIpc) is 2.85. The molecular weight excluding hydrogens is 240 g/mol. The predicted molar refractivity (Wildman–Crippen MR) is 75.1 cm³/mol. The number of aromatic nitrogens is 1. The smallest absolute Gasteiger partial charge is 0.274 e. The number of hydrogen-bond acceptors (Lipinski definition) is 2. The van der Waals surface area contributed by atoms with Crippen molar-refractivity contribution in [2.24, 2.45) is 0 Å². The van der Waals surface area contributed by atoms with E-state index in [0.29, 0.717) is 5.56 Å². The molecule has 0 bridgehead atoms. The summed E-state index contributed by atoms with van der Waals surface area (Å²) in [4.78, 5) is 13.9. The van der Waals surface area contributed by atoms with E-state index < -0.39 is 0 Å². The molecular formula is C15H12N2O2. The highest BCUT2D eigenvalue weighted by Crippen LogP contribution is 2.30. The van der Waals surface area contributed by atoms with E-state index >= 15 is 0 Å². The molecule has 1 aromatic heterocycles. The lowest BCUT2D eigenvalue weighted by Crippen LogP contribution is -1.91. The SMILES string of the molecule is Cc1c([N+](=O)[O-])ccc2cc(-c3ccccc3)[nH]c12. The monoisotopic (exact) mass is 252 g/mol. The van der Waals surface area contributed by atoms with Gasteiger partial charge in [-0.2, -0.15) is 0 Å². The molecule has 94 valence electrons. The molecule has 0 fully saturated rings. The second-order valence-electron chi connectivity index (χ2n) is 4.48. The summed E-state index contributed by atoms with van der Waals surface area (Å²) >= 11 is 0. The molecule has 0 saturated carbocycles. The van der Waals surface area contributed by atoms with Gasteiger partial charge in [-0.1, -0.05) is 30.3 Å². The van der Waals surface area contributed by atoms with Crippen LogP contribution in [0.15, 0.2) is 48.5 Å². The zero-order chi connectivity index (χ0) is 13.4. The molecule has 3 rings (SSSR count). The van der Waals surface area contributed by atoms with Crippen LogP contribution in [0.5, 0.6) is 0 Å². The quantitative estimate of drug-likeness (QED) is 0.552. The Morgan fingerprint density at radius 3 is 2.53 bits per heavy atom. The van der Waals surface area contributed by atoms with Crippen molar-refractivity contribution in [3.05, 3.63) is 64.2 Å². The lowest BCUT2D eigenvalue weighted by atomic mass is 10.1. The van der Waals surface area contributed by atoms with Gasteiger partial charge in [-0.3, -0.25) is 10.1 Å². The summed E-state index contributed by atoms with van der Waals surface area (Å²) in [6.45, 7) is 1.77. The normalized spacial score (nSPS) is 10.8. The van der Waals surface area contributed by atoms with E-state index in [4.69, 9.17) is 0 Å². The van der Waals surface area contributed by atoms with E-state index in [0.717, 1.165) is 22.2 Å². The Morgan fingerprint density at radius 1 is 1.11 bits per heavy atom.